The Hall–Kier alpha value is -3.43. The van der Waals surface area contributed by atoms with Gasteiger partial charge in [0.05, 0.1) is 25.3 Å². The van der Waals surface area contributed by atoms with Crippen LogP contribution in [0.15, 0.2) is 48.5 Å². The Morgan fingerprint density at radius 2 is 1.81 bits per heavy atom. The summed E-state index contributed by atoms with van der Waals surface area (Å²) >= 11 is 0. The van der Waals surface area contributed by atoms with E-state index in [4.69, 9.17) is 14.2 Å². The lowest BCUT2D eigenvalue weighted by Gasteiger charge is -2.39. The van der Waals surface area contributed by atoms with E-state index >= 15 is 0 Å². The van der Waals surface area contributed by atoms with E-state index in [2.05, 4.69) is 5.32 Å². The van der Waals surface area contributed by atoms with Crippen LogP contribution in [0.5, 0.6) is 11.5 Å². The molecular formula is C28H35N3O6. The summed E-state index contributed by atoms with van der Waals surface area (Å²) in [5.74, 6) is 0.860. The molecule has 3 amide bonds. The maximum absolute atomic E-state index is 12.9. The SMILES string of the molecule is CCOCC(=O)N1CC[C@H]2OCc3cccc(c3)Oc3cccc(c3)CCC(=O)N(C)CC(=O)N[C@H]2C1. The molecule has 0 unspecified atom stereocenters. The number of nitrogens with one attached hydrogen (secondary N) is 1. The fraction of sp³-hybridized carbons (Fsp3) is 0.464. The summed E-state index contributed by atoms with van der Waals surface area (Å²) in [5, 5.41) is 3.01. The highest BCUT2D eigenvalue weighted by molar-refractivity contribution is 5.85. The molecule has 9 nitrogen and oxygen atoms in total. The Kier molecular flexibility index (Phi) is 9.14. The van der Waals surface area contributed by atoms with Crippen molar-refractivity contribution in [3.05, 3.63) is 59.7 Å². The third-order valence-electron chi connectivity index (χ3n) is 6.61. The average molecular weight is 510 g/mol. The van der Waals surface area contributed by atoms with Crippen LogP contribution in [0, 0.1) is 0 Å². The number of amides is 3. The van der Waals surface area contributed by atoms with Gasteiger partial charge < -0.3 is 29.3 Å². The van der Waals surface area contributed by atoms with E-state index in [0.717, 1.165) is 11.1 Å². The van der Waals surface area contributed by atoms with Gasteiger partial charge in [-0.25, -0.2) is 0 Å². The van der Waals surface area contributed by atoms with Gasteiger partial charge in [0.15, 0.2) is 0 Å². The van der Waals surface area contributed by atoms with Crippen molar-refractivity contribution in [1.29, 1.82) is 0 Å². The summed E-state index contributed by atoms with van der Waals surface area (Å²) in [6.45, 7) is 3.40. The molecule has 2 atom stereocenters. The molecule has 1 fully saturated rings. The van der Waals surface area contributed by atoms with Crippen molar-refractivity contribution in [3.63, 3.8) is 0 Å². The van der Waals surface area contributed by atoms with Gasteiger partial charge in [-0.1, -0.05) is 24.3 Å². The first-order chi connectivity index (χ1) is 17.9. The number of likely N-dealkylation sites (tertiary alicyclic amines) is 1. The van der Waals surface area contributed by atoms with E-state index in [-0.39, 0.29) is 43.4 Å². The van der Waals surface area contributed by atoms with E-state index in [9.17, 15) is 14.4 Å². The van der Waals surface area contributed by atoms with Gasteiger partial charge in [0.2, 0.25) is 17.7 Å². The van der Waals surface area contributed by atoms with Crippen LogP contribution in [0.2, 0.25) is 0 Å². The number of carbonyl (C=O) groups is 3. The number of fused-ring (bicyclic) bond motifs is 5. The van der Waals surface area contributed by atoms with Crippen molar-refractivity contribution in [2.45, 2.75) is 44.9 Å². The highest BCUT2D eigenvalue weighted by atomic mass is 16.5. The van der Waals surface area contributed by atoms with Crippen molar-refractivity contribution >= 4 is 17.7 Å². The average Bonchev–Trinajstić information content (AvgIpc) is 2.89. The van der Waals surface area contributed by atoms with Gasteiger partial charge in [-0.05, 0) is 55.2 Å². The van der Waals surface area contributed by atoms with E-state index in [1.807, 2.05) is 55.5 Å². The zero-order valence-corrected chi connectivity index (χ0v) is 21.5. The van der Waals surface area contributed by atoms with E-state index < -0.39 is 6.04 Å². The predicted molar refractivity (Wildman–Crippen MR) is 137 cm³/mol. The lowest BCUT2D eigenvalue weighted by atomic mass is 10.0. The highest BCUT2D eigenvalue weighted by Gasteiger charge is 2.33. The Bertz CT molecular complexity index is 1110. The second kappa shape index (κ2) is 12.7. The molecule has 2 aromatic rings. The van der Waals surface area contributed by atoms with Crippen molar-refractivity contribution in [2.75, 3.05) is 39.9 Å². The molecule has 198 valence electrons. The van der Waals surface area contributed by atoms with E-state index in [1.165, 1.54) is 4.90 Å². The number of benzene rings is 2. The Morgan fingerprint density at radius 3 is 2.57 bits per heavy atom. The molecule has 0 aliphatic carbocycles. The second-order valence-corrected chi connectivity index (χ2v) is 9.44. The molecule has 0 saturated carbocycles. The predicted octanol–water partition coefficient (Wildman–Crippen LogP) is 2.52. The summed E-state index contributed by atoms with van der Waals surface area (Å²) in [4.78, 5) is 41.3. The lowest BCUT2D eigenvalue weighted by molar-refractivity contribution is -0.142. The van der Waals surface area contributed by atoms with E-state index in [1.54, 1.807) is 11.9 Å². The molecule has 37 heavy (non-hydrogen) atoms. The number of aryl methyl sites for hydroxylation is 1. The van der Waals surface area contributed by atoms with Gasteiger partial charge in [0, 0.05) is 33.2 Å². The van der Waals surface area contributed by atoms with Crippen LogP contribution >= 0.6 is 0 Å². The Morgan fingerprint density at radius 1 is 1.08 bits per heavy atom. The van der Waals surface area contributed by atoms with E-state index in [0.29, 0.717) is 50.6 Å². The number of ether oxygens (including phenoxy) is 3. The first-order valence-corrected chi connectivity index (χ1v) is 12.8. The fourth-order valence-corrected chi connectivity index (χ4v) is 4.58. The zero-order valence-electron chi connectivity index (χ0n) is 21.5. The van der Waals surface area contributed by atoms with Gasteiger partial charge in [-0.15, -0.1) is 0 Å². The van der Waals surface area contributed by atoms with Crippen LogP contribution < -0.4 is 10.1 Å². The maximum atomic E-state index is 12.9. The number of nitrogens with zero attached hydrogens (tertiary/aromatic N) is 2. The quantitative estimate of drug-likeness (QED) is 0.683. The molecule has 4 rings (SSSR count). The molecule has 2 aliphatic rings. The highest BCUT2D eigenvalue weighted by Crippen LogP contribution is 2.25. The van der Waals surface area contributed by atoms with Crippen molar-refractivity contribution < 1.29 is 28.6 Å². The van der Waals surface area contributed by atoms with Crippen LogP contribution in [0.4, 0.5) is 0 Å². The molecular weight excluding hydrogens is 474 g/mol. The van der Waals surface area contributed by atoms with Crippen LogP contribution in [0.3, 0.4) is 0 Å². The monoisotopic (exact) mass is 509 g/mol. The maximum Gasteiger partial charge on any atom is 0.248 e. The molecule has 2 aromatic carbocycles. The number of hydrogen-bond acceptors (Lipinski definition) is 6. The summed E-state index contributed by atoms with van der Waals surface area (Å²) in [6.07, 6.45) is 1.09. The second-order valence-electron chi connectivity index (χ2n) is 9.44. The Labute approximate surface area is 217 Å². The number of hydrogen-bond donors (Lipinski definition) is 1. The van der Waals surface area contributed by atoms with Crippen molar-refractivity contribution in [2.24, 2.45) is 0 Å². The molecule has 1 N–H and O–H groups in total. The fourth-order valence-electron chi connectivity index (χ4n) is 4.58. The standard InChI is InChI=1S/C28H35N3O6/c1-3-35-19-28(34)31-13-12-25-24(16-31)29-26(32)17-30(2)27(33)11-10-20-6-4-8-22(14-20)37-23-9-5-7-21(15-23)18-36-25/h4-9,14-15,24-25H,3,10-13,16-19H2,1-2H3,(H,29,32)/t24-,25+/m0/s1. The molecule has 4 bridgehead atoms. The summed E-state index contributed by atoms with van der Waals surface area (Å²) < 4.78 is 17.6. The summed E-state index contributed by atoms with van der Waals surface area (Å²) in [5.41, 5.74) is 1.92. The van der Waals surface area contributed by atoms with Gasteiger partial charge in [0.25, 0.3) is 0 Å². The first-order valence-electron chi connectivity index (χ1n) is 12.8. The number of likely N-dealkylation sites (N-methyl/N-ethyl adjacent to an activating group) is 1. The van der Waals surface area contributed by atoms with Gasteiger partial charge in [0.1, 0.15) is 18.1 Å². The number of rotatable bonds is 3. The van der Waals surface area contributed by atoms with Crippen LogP contribution in [0.1, 0.15) is 30.9 Å². The zero-order chi connectivity index (χ0) is 26.2. The van der Waals surface area contributed by atoms with Gasteiger partial charge >= 0.3 is 0 Å². The molecule has 2 aliphatic heterocycles. The summed E-state index contributed by atoms with van der Waals surface area (Å²) in [6, 6.07) is 15.0. The van der Waals surface area contributed by atoms with Crippen LogP contribution in [0.25, 0.3) is 0 Å². The molecule has 0 spiro atoms. The minimum atomic E-state index is -0.409. The Balaban J connectivity index is 1.54. The third-order valence-corrected chi connectivity index (χ3v) is 6.61. The van der Waals surface area contributed by atoms with Gasteiger partial charge in [-0.2, -0.15) is 0 Å². The minimum Gasteiger partial charge on any atom is -0.457 e. The number of piperidine rings is 1. The molecule has 1 saturated heterocycles. The van der Waals surface area contributed by atoms with Crippen molar-refractivity contribution in [3.8, 4) is 11.5 Å². The van der Waals surface area contributed by atoms with Crippen LogP contribution in [-0.2, 0) is 36.9 Å². The first kappa shape index (κ1) is 26.6. The molecule has 0 aromatic heterocycles. The normalized spacial score (nSPS) is 21.2. The smallest absolute Gasteiger partial charge is 0.248 e. The minimum absolute atomic E-state index is 0.00871. The van der Waals surface area contributed by atoms with Gasteiger partial charge in [-0.3, -0.25) is 14.4 Å². The number of carbonyl (C=O) groups excluding carboxylic acids is 3. The molecule has 0 radical (unpaired) electrons. The lowest BCUT2D eigenvalue weighted by Crippen LogP contribution is -2.58. The van der Waals surface area contributed by atoms with Crippen molar-refractivity contribution in [1.82, 2.24) is 15.1 Å². The molecule has 9 heteroatoms. The molecule has 2 heterocycles. The summed E-state index contributed by atoms with van der Waals surface area (Å²) in [7, 11) is 1.62. The third kappa shape index (κ3) is 7.53. The topological polar surface area (TPSA) is 97.4 Å². The van der Waals surface area contributed by atoms with Crippen LogP contribution in [-0.4, -0.2) is 79.6 Å². The largest absolute Gasteiger partial charge is 0.457 e.